The van der Waals surface area contributed by atoms with Gasteiger partial charge >= 0.3 is 5.97 Å². The second kappa shape index (κ2) is 7.10. The van der Waals surface area contributed by atoms with Crippen molar-refractivity contribution in [1.82, 2.24) is 0 Å². The summed E-state index contributed by atoms with van der Waals surface area (Å²) in [6, 6.07) is 6.72. The normalized spacial score (nSPS) is 16.9. The van der Waals surface area contributed by atoms with E-state index in [0.29, 0.717) is 17.1 Å². The predicted molar refractivity (Wildman–Crippen MR) is 77.5 cm³/mol. The molecular weight excluding hydrogens is 278 g/mol. The fourth-order valence-corrected chi connectivity index (χ4v) is 2.14. The minimum Gasteiger partial charge on any atom is -0.456 e. The van der Waals surface area contributed by atoms with Crippen molar-refractivity contribution in [2.24, 2.45) is 5.92 Å². The zero-order valence-corrected chi connectivity index (χ0v) is 11.7. The van der Waals surface area contributed by atoms with Crippen molar-refractivity contribution >= 4 is 29.2 Å². The maximum atomic E-state index is 11.6. The molecule has 1 aliphatic rings. The van der Waals surface area contributed by atoms with Gasteiger partial charge in [-0.1, -0.05) is 23.8 Å². The number of carbonyl (C=O) groups excluding carboxylic acids is 2. The Labute approximate surface area is 122 Å². The summed E-state index contributed by atoms with van der Waals surface area (Å²) in [5, 5.41) is 3.23. The molecule has 2 rings (SSSR count). The molecular formula is C15H16ClNO3. The van der Waals surface area contributed by atoms with Crippen LogP contribution in [0.3, 0.4) is 0 Å². The highest BCUT2D eigenvalue weighted by molar-refractivity contribution is 6.30. The zero-order valence-electron chi connectivity index (χ0n) is 11.0. The van der Waals surface area contributed by atoms with Crippen LogP contribution in [-0.4, -0.2) is 18.5 Å². The number of hydrogen-bond donors (Lipinski definition) is 1. The van der Waals surface area contributed by atoms with Crippen molar-refractivity contribution < 1.29 is 14.3 Å². The van der Waals surface area contributed by atoms with Crippen LogP contribution < -0.4 is 5.32 Å². The van der Waals surface area contributed by atoms with Crippen molar-refractivity contribution in [3.05, 3.63) is 41.4 Å². The third-order valence-corrected chi connectivity index (χ3v) is 3.29. The molecule has 1 amide bonds. The first-order valence-corrected chi connectivity index (χ1v) is 6.89. The summed E-state index contributed by atoms with van der Waals surface area (Å²) in [6.07, 6.45) is 6.41. The average Bonchev–Trinajstić information content (AvgIpc) is 2.92. The van der Waals surface area contributed by atoms with Gasteiger partial charge in [0.05, 0.1) is 6.42 Å². The molecule has 0 spiro atoms. The Balaban J connectivity index is 1.70. The maximum absolute atomic E-state index is 11.6. The molecule has 1 N–H and O–H groups in total. The molecule has 4 nitrogen and oxygen atoms in total. The Kier molecular flexibility index (Phi) is 5.18. The summed E-state index contributed by atoms with van der Waals surface area (Å²) in [7, 11) is 0. The van der Waals surface area contributed by atoms with E-state index in [1.165, 1.54) is 0 Å². The number of nitrogens with one attached hydrogen (secondary N) is 1. The van der Waals surface area contributed by atoms with E-state index >= 15 is 0 Å². The lowest BCUT2D eigenvalue weighted by Crippen LogP contribution is -2.21. The van der Waals surface area contributed by atoms with Crippen molar-refractivity contribution in [2.45, 2.75) is 19.3 Å². The Hall–Kier alpha value is -1.81. The molecule has 0 bridgehead atoms. The largest absolute Gasteiger partial charge is 0.456 e. The second-order valence-corrected chi connectivity index (χ2v) is 5.12. The average molecular weight is 294 g/mol. The van der Waals surface area contributed by atoms with Crippen LogP contribution in [0.4, 0.5) is 5.69 Å². The van der Waals surface area contributed by atoms with Crippen LogP contribution in [0.5, 0.6) is 0 Å². The van der Waals surface area contributed by atoms with Gasteiger partial charge in [0.1, 0.15) is 0 Å². The molecule has 0 saturated heterocycles. The molecule has 0 radical (unpaired) electrons. The lowest BCUT2D eigenvalue weighted by Gasteiger charge is -2.08. The summed E-state index contributed by atoms with van der Waals surface area (Å²) in [4.78, 5) is 23.2. The Morgan fingerprint density at radius 2 is 2.05 bits per heavy atom. The van der Waals surface area contributed by atoms with Crippen LogP contribution in [0.2, 0.25) is 5.02 Å². The van der Waals surface area contributed by atoms with E-state index in [0.717, 1.165) is 12.8 Å². The first-order chi connectivity index (χ1) is 9.63. The topological polar surface area (TPSA) is 55.4 Å². The summed E-state index contributed by atoms with van der Waals surface area (Å²) in [6.45, 7) is -0.266. The van der Waals surface area contributed by atoms with Gasteiger partial charge in [-0.25, -0.2) is 0 Å². The Morgan fingerprint density at radius 1 is 1.30 bits per heavy atom. The molecule has 0 fully saturated rings. The number of benzene rings is 1. The predicted octanol–water partition coefficient (Wildman–Crippen LogP) is 3.18. The number of rotatable bonds is 5. The zero-order chi connectivity index (χ0) is 14.4. The summed E-state index contributed by atoms with van der Waals surface area (Å²) < 4.78 is 4.95. The van der Waals surface area contributed by atoms with Crippen LogP contribution >= 0.6 is 11.6 Å². The molecule has 20 heavy (non-hydrogen) atoms. The molecule has 106 valence electrons. The van der Waals surface area contributed by atoms with Gasteiger partial charge in [0.25, 0.3) is 5.91 Å². The monoisotopic (exact) mass is 293 g/mol. The van der Waals surface area contributed by atoms with E-state index in [1.54, 1.807) is 24.3 Å². The molecule has 1 aliphatic carbocycles. The minimum absolute atomic E-state index is 0.252. The third-order valence-electron chi connectivity index (χ3n) is 3.03. The minimum atomic E-state index is -0.359. The van der Waals surface area contributed by atoms with Crippen molar-refractivity contribution in [3.63, 3.8) is 0 Å². The van der Waals surface area contributed by atoms with Gasteiger partial charge in [0.15, 0.2) is 6.61 Å². The fraction of sp³-hybridized carbons (Fsp3) is 0.333. The van der Waals surface area contributed by atoms with Crippen LogP contribution in [0.15, 0.2) is 36.4 Å². The van der Waals surface area contributed by atoms with E-state index in [2.05, 4.69) is 11.4 Å². The molecule has 1 aromatic carbocycles. The lowest BCUT2D eigenvalue weighted by atomic mass is 10.1. The molecule has 1 atom stereocenters. The molecule has 0 heterocycles. The van der Waals surface area contributed by atoms with Gasteiger partial charge in [-0.2, -0.15) is 0 Å². The van der Waals surface area contributed by atoms with Crippen molar-refractivity contribution in [1.29, 1.82) is 0 Å². The fourth-order valence-electron chi connectivity index (χ4n) is 2.01. The molecule has 0 aromatic heterocycles. The van der Waals surface area contributed by atoms with Gasteiger partial charge < -0.3 is 10.1 Å². The molecule has 5 heteroatoms. The van der Waals surface area contributed by atoms with Gasteiger partial charge in [-0.15, -0.1) is 0 Å². The van der Waals surface area contributed by atoms with Crippen molar-refractivity contribution in [2.75, 3.05) is 11.9 Å². The summed E-state index contributed by atoms with van der Waals surface area (Å²) in [5.74, 6) is -0.447. The summed E-state index contributed by atoms with van der Waals surface area (Å²) in [5.41, 5.74) is 0.620. The number of ether oxygens (including phenoxy) is 1. The number of anilines is 1. The smallest absolute Gasteiger partial charge is 0.306 e. The highest BCUT2D eigenvalue weighted by Crippen LogP contribution is 2.20. The molecule has 0 unspecified atom stereocenters. The van der Waals surface area contributed by atoms with Crippen LogP contribution in [0.1, 0.15) is 19.3 Å². The SMILES string of the molecule is O=C(COC(=O)C[C@H]1C=CCC1)Nc1ccc(Cl)cc1. The number of amides is 1. The molecule has 1 aromatic rings. The Bertz CT molecular complexity index is 510. The number of hydrogen-bond acceptors (Lipinski definition) is 3. The Morgan fingerprint density at radius 3 is 2.70 bits per heavy atom. The van der Waals surface area contributed by atoms with Gasteiger partial charge in [0, 0.05) is 10.7 Å². The second-order valence-electron chi connectivity index (χ2n) is 4.69. The quantitative estimate of drug-likeness (QED) is 0.670. The van der Waals surface area contributed by atoms with E-state index in [-0.39, 0.29) is 24.4 Å². The standard InChI is InChI=1S/C15H16ClNO3/c16-12-5-7-13(8-6-12)17-14(18)10-20-15(19)9-11-3-1-2-4-11/h1,3,5-8,11H,2,4,9-10H2,(H,17,18)/t11-/m0/s1. The number of esters is 1. The van der Waals surface area contributed by atoms with Crippen LogP contribution in [0.25, 0.3) is 0 Å². The summed E-state index contributed by atoms with van der Waals surface area (Å²) >= 11 is 5.74. The van der Waals surface area contributed by atoms with E-state index < -0.39 is 0 Å². The molecule has 0 saturated carbocycles. The lowest BCUT2D eigenvalue weighted by molar-refractivity contribution is -0.147. The van der Waals surface area contributed by atoms with E-state index in [4.69, 9.17) is 16.3 Å². The van der Waals surface area contributed by atoms with Gasteiger partial charge in [-0.3, -0.25) is 9.59 Å². The van der Waals surface area contributed by atoms with Crippen LogP contribution in [-0.2, 0) is 14.3 Å². The van der Waals surface area contributed by atoms with E-state index in [9.17, 15) is 9.59 Å². The van der Waals surface area contributed by atoms with E-state index in [1.807, 2.05) is 6.08 Å². The number of carbonyl (C=O) groups is 2. The first kappa shape index (κ1) is 14.6. The maximum Gasteiger partial charge on any atom is 0.306 e. The highest BCUT2D eigenvalue weighted by Gasteiger charge is 2.15. The van der Waals surface area contributed by atoms with Crippen LogP contribution in [0, 0.1) is 5.92 Å². The third kappa shape index (κ3) is 4.70. The van der Waals surface area contributed by atoms with Gasteiger partial charge in [0.2, 0.25) is 0 Å². The van der Waals surface area contributed by atoms with Crippen molar-refractivity contribution in [3.8, 4) is 0 Å². The number of halogens is 1. The van der Waals surface area contributed by atoms with Gasteiger partial charge in [-0.05, 0) is 43.0 Å². The number of allylic oxidation sites excluding steroid dienone is 2. The highest BCUT2D eigenvalue weighted by atomic mass is 35.5. The first-order valence-electron chi connectivity index (χ1n) is 6.51. The molecule has 0 aliphatic heterocycles.